The van der Waals surface area contributed by atoms with E-state index in [9.17, 15) is 0 Å². The maximum Gasteiger partial charge on any atom is 0.0593 e. The van der Waals surface area contributed by atoms with Gasteiger partial charge in [-0.25, -0.2) is 0 Å². The average Bonchev–Trinajstić information content (AvgIpc) is 3.22. The van der Waals surface area contributed by atoms with Crippen LogP contribution in [0.15, 0.2) is 0 Å². The van der Waals surface area contributed by atoms with Gasteiger partial charge >= 0.3 is 0 Å². The van der Waals surface area contributed by atoms with Gasteiger partial charge < -0.3 is 14.8 Å². The molecule has 0 aromatic heterocycles. The van der Waals surface area contributed by atoms with Crippen molar-refractivity contribution in [3.05, 3.63) is 0 Å². The van der Waals surface area contributed by atoms with Crippen LogP contribution < -0.4 is 5.32 Å². The Morgan fingerprint density at radius 2 is 1.90 bits per heavy atom. The Kier molecular flexibility index (Phi) is 5.46. The molecule has 0 aromatic carbocycles. The number of methoxy groups -OCH3 is 1. The van der Waals surface area contributed by atoms with E-state index < -0.39 is 0 Å². The van der Waals surface area contributed by atoms with E-state index in [0.29, 0.717) is 5.54 Å². The van der Waals surface area contributed by atoms with Crippen molar-refractivity contribution < 1.29 is 9.47 Å². The third-order valence-corrected chi connectivity index (χ3v) is 4.83. The number of piperazine rings is 1. The first-order valence-electron chi connectivity index (χ1n) is 8.05. The number of hydrogen-bond donors (Lipinski definition) is 1. The predicted octanol–water partition coefficient (Wildman–Crippen LogP) is 1.89. The second kappa shape index (κ2) is 6.73. The SMILES string of the molecule is COCCCOCCN1CC(C)(C)NCC1(C)C1CC1. The molecule has 118 valence electrons. The van der Waals surface area contributed by atoms with Gasteiger partial charge in [0.15, 0.2) is 0 Å². The van der Waals surface area contributed by atoms with E-state index >= 15 is 0 Å². The zero-order chi connectivity index (χ0) is 14.6. The lowest BCUT2D eigenvalue weighted by atomic mass is 9.86. The smallest absolute Gasteiger partial charge is 0.0593 e. The Morgan fingerprint density at radius 1 is 1.15 bits per heavy atom. The first-order chi connectivity index (χ1) is 9.48. The highest BCUT2D eigenvalue weighted by Crippen LogP contribution is 2.44. The van der Waals surface area contributed by atoms with Crippen molar-refractivity contribution in [2.24, 2.45) is 5.92 Å². The Bertz CT molecular complexity index is 305. The highest BCUT2D eigenvalue weighted by atomic mass is 16.5. The highest BCUT2D eigenvalue weighted by Gasteiger charge is 2.49. The zero-order valence-electron chi connectivity index (χ0n) is 13.7. The van der Waals surface area contributed by atoms with Crippen LogP contribution in [0.2, 0.25) is 0 Å². The van der Waals surface area contributed by atoms with Crippen LogP contribution in [0.4, 0.5) is 0 Å². The third kappa shape index (κ3) is 4.17. The number of nitrogens with one attached hydrogen (secondary N) is 1. The van der Waals surface area contributed by atoms with Crippen LogP contribution in [-0.4, -0.2) is 62.5 Å². The van der Waals surface area contributed by atoms with Gasteiger partial charge in [-0.05, 0) is 46.0 Å². The summed E-state index contributed by atoms with van der Waals surface area (Å²) in [6.45, 7) is 12.7. The third-order valence-electron chi connectivity index (χ3n) is 4.83. The molecule has 1 atom stereocenters. The lowest BCUT2D eigenvalue weighted by Gasteiger charge is -2.51. The second-order valence-electron chi connectivity index (χ2n) is 7.25. The van der Waals surface area contributed by atoms with Gasteiger partial charge in [-0.2, -0.15) is 0 Å². The second-order valence-corrected chi connectivity index (χ2v) is 7.25. The van der Waals surface area contributed by atoms with Crippen molar-refractivity contribution in [1.82, 2.24) is 10.2 Å². The number of hydrogen-bond acceptors (Lipinski definition) is 4. The summed E-state index contributed by atoms with van der Waals surface area (Å²) in [5, 5.41) is 3.72. The summed E-state index contributed by atoms with van der Waals surface area (Å²) in [5.74, 6) is 0.875. The number of ether oxygens (including phenoxy) is 2. The molecule has 2 aliphatic rings. The van der Waals surface area contributed by atoms with Gasteiger partial charge in [-0.15, -0.1) is 0 Å². The summed E-state index contributed by atoms with van der Waals surface area (Å²) in [6.07, 6.45) is 3.77. The van der Waals surface area contributed by atoms with Crippen LogP contribution in [0.5, 0.6) is 0 Å². The van der Waals surface area contributed by atoms with Crippen LogP contribution >= 0.6 is 0 Å². The minimum absolute atomic E-state index is 0.213. The van der Waals surface area contributed by atoms with E-state index in [2.05, 4.69) is 31.0 Å². The van der Waals surface area contributed by atoms with Crippen molar-refractivity contribution in [2.75, 3.05) is 46.6 Å². The molecule has 2 rings (SSSR count). The van der Waals surface area contributed by atoms with E-state index in [1.165, 1.54) is 12.8 Å². The molecule has 0 amide bonds. The van der Waals surface area contributed by atoms with E-state index in [1.54, 1.807) is 7.11 Å². The molecule has 1 saturated carbocycles. The average molecular weight is 284 g/mol. The molecule has 1 saturated heterocycles. The fourth-order valence-electron chi connectivity index (χ4n) is 3.27. The molecule has 2 fully saturated rings. The molecule has 1 heterocycles. The van der Waals surface area contributed by atoms with Gasteiger partial charge in [0.25, 0.3) is 0 Å². The molecule has 0 spiro atoms. The molecule has 20 heavy (non-hydrogen) atoms. The predicted molar refractivity (Wildman–Crippen MR) is 82.1 cm³/mol. The number of nitrogens with zero attached hydrogens (tertiary/aromatic N) is 1. The minimum Gasteiger partial charge on any atom is -0.385 e. The van der Waals surface area contributed by atoms with Crippen LogP contribution in [0.25, 0.3) is 0 Å². The van der Waals surface area contributed by atoms with E-state index in [1.807, 2.05) is 0 Å². The molecule has 4 nitrogen and oxygen atoms in total. The fourth-order valence-corrected chi connectivity index (χ4v) is 3.27. The molecule has 0 aromatic rings. The molecule has 1 aliphatic heterocycles. The van der Waals surface area contributed by atoms with Crippen LogP contribution in [0.1, 0.15) is 40.0 Å². The Morgan fingerprint density at radius 3 is 2.55 bits per heavy atom. The monoisotopic (exact) mass is 284 g/mol. The lowest BCUT2D eigenvalue weighted by molar-refractivity contribution is -0.0118. The summed E-state index contributed by atoms with van der Waals surface area (Å²) in [4.78, 5) is 2.66. The first kappa shape index (κ1) is 16.2. The Balaban J connectivity index is 1.78. The first-order valence-corrected chi connectivity index (χ1v) is 8.05. The van der Waals surface area contributed by atoms with Gasteiger partial charge in [-0.1, -0.05) is 0 Å². The van der Waals surface area contributed by atoms with E-state index in [-0.39, 0.29) is 5.54 Å². The van der Waals surface area contributed by atoms with Gasteiger partial charge in [0.05, 0.1) is 6.61 Å². The molecule has 0 bridgehead atoms. The molecule has 1 aliphatic carbocycles. The maximum atomic E-state index is 5.76. The summed E-state index contributed by atoms with van der Waals surface area (Å²) in [7, 11) is 1.74. The quantitative estimate of drug-likeness (QED) is 0.690. The van der Waals surface area contributed by atoms with Crippen LogP contribution in [0, 0.1) is 5.92 Å². The normalized spacial score (nSPS) is 30.6. The van der Waals surface area contributed by atoms with Crippen LogP contribution in [-0.2, 0) is 9.47 Å². The van der Waals surface area contributed by atoms with Crippen molar-refractivity contribution in [3.63, 3.8) is 0 Å². The summed E-state index contributed by atoms with van der Waals surface area (Å²) in [6, 6.07) is 0. The largest absolute Gasteiger partial charge is 0.385 e. The zero-order valence-corrected chi connectivity index (χ0v) is 13.7. The molecule has 1 unspecified atom stereocenters. The van der Waals surface area contributed by atoms with Crippen molar-refractivity contribution in [3.8, 4) is 0 Å². The Hall–Kier alpha value is -0.160. The van der Waals surface area contributed by atoms with E-state index in [4.69, 9.17) is 9.47 Å². The summed E-state index contributed by atoms with van der Waals surface area (Å²) < 4.78 is 10.8. The molecule has 1 N–H and O–H groups in total. The Labute approximate surface area is 124 Å². The van der Waals surface area contributed by atoms with Gasteiger partial charge in [0, 0.05) is 51.0 Å². The molecular formula is C16H32N2O2. The minimum atomic E-state index is 0.213. The molecule has 0 radical (unpaired) electrons. The van der Waals surface area contributed by atoms with Gasteiger partial charge in [0.2, 0.25) is 0 Å². The van der Waals surface area contributed by atoms with Crippen LogP contribution in [0.3, 0.4) is 0 Å². The highest BCUT2D eigenvalue weighted by molar-refractivity contribution is 5.06. The maximum absolute atomic E-state index is 5.76. The van der Waals surface area contributed by atoms with Crippen molar-refractivity contribution in [2.45, 2.75) is 51.1 Å². The fraction of sp³-hybridized carbons (Fsp3) is 1.00. The van der Waals surface area contributed by atoms with E-state index in [0.717, 1.165) is 51.8 Å². The van der Waals surface area contributed by atoms with Gasteiger partial charge in [-0.3, -0.25) is 4.90 Å². The molecule has 4 heteroatoms. The standard InChI is InChI=1S/C16H32N2O2/c1-15(2)13-18(8-11-20-10-5-9-19-4)16(3,12-17-15)14-6-7-14/h14,17H,5-13H2,1-4H3. The van der Waals surface area contributed by atoms with Gasteiger partial charge in [0.1, 0.15) is 0 Å². The molecular weight excluding hydrogens is 252 g/mol. The topological polar surface area (TPSA) is 33.7 Å². The summed E-state index contributed by atoms with van der Waals surface area (Å²) >= 11 is 0. The lowest BCUT2D eigenvalue weighted by Crippen LogP contribution is -2.68. The number of rotatable bonds is 8. The summed E-state index contributed by atoms with van der Waals surface area (Å²) in [5.41, 5.74) is 0.538. The van der Waals surface area contributed by atoms with Crippen molar-refractivity contribution >= 4 is 0 Å². The van der Waals surface area contributed by atoms with Crippen molar-refractivity contribution in [1.29, 1.82) is 0 Å².